The average molecular weight is 275 g/mol. The van der Waals surface area contributed by atoms with Crippen LogP contribution < -0.4 is 0 Å². The lowest BCUT2D eigenvalue weighted by molar-refractivity contribution is 0.592. The van der Waals surface area contributed by atoms with Gasteiger partial charge >= 0.3 is 0 Å². The zero-order chi connectivity index (χ0) is 13.9. The van der Waals surface area contributed by atoms with Crippen molar-refractivity contribution < 1.29 is 8.42 Å². The molecule has 0 N–H and O–H groups in total. The molecule has 0 spiro atoms. The Hall–Kier alpha value is -1.68. The molecule has 0 aliphatic carbocycles. The molecule has 0 bridgehead atoms. The lowest BCUT2D eigenvalue weighted by Crippen LogP contribution is -2.04. The molecule has 0 radical (unpaired) electrons. The summed E-state index contributed by atoms with van der Waals surface area (Å²) < 4.78 is 24.7. The highest BCUT2D eigenvalue weighted by Crippen LogP contribution is 2.19. The van der Waals surface area contributed by atoms with Crippen LogP contribution in [-0.4, -0.2) is 13.4 Å². The van der Waals surface area contributed by atoms with Gasteiger partial charge in [-0.1, -0.05) is 37.1 Å². The quantitative estimate of drug-likeness (QED) is 0.861. The van der Waals surface area contributed by atoms with E-state index in [9.17, 15) is 8.42 Å². The second kappa shape index (κ2) is 5.53. The van der Waals surface area contributed by atoms with E-state index in [1.807, 2.05) is 13.0 Å². The Labute approximate surface area is 114 Å². The van der Waals surface area contributed by atoms with Crippen molar-refractivity contribution in [3.8, 4) is 0 Å². The SMILES string of the molecule is CCCc1ccc(S(=O)(=O)c2ccc(C)cc2)nc1. The van der Waals surface area contributed by atoms with Gasteiger partial charge in [0.2, 0.25) is 9.84 Å². The Balaban J connectivity index is 2.36. The highest BCUT2D eigenvalue weighted by Gasteiger charge is 2.18. The topological polar surface area (TPSA) is 47.0 Å². The number of nitrogens with zero attached hydrogens (tertiary/aromatic N) is 1. The first kappa shape index (κ1) is 13.7. The Bertz CT molecular complexity index is 644. The van der Waals surface area contributed by atoms with E-state index in [4.69, 9.17) is 0 Å². The third-order valence-corrected chi connectivity index (χ3v) is 4.63. The van der Waals surface area contributed by atoms with Gasteiger partial charge in [-0.2, -0.15) is 0 Å². The van der Waals surface area contributed by atoms with Crippen molar-refractivity contribution in [2.45, 2.75) is 36.6 Å². The standard InChI is InChI=1S/C15H17NO2S/c1-3-4-13-7-10-15(16-11-13)19(17,18)14-8-5-12(2)6-9-14/h5-11H,3-4H2,1-2H3. The minimum atomic E-state index is -3.50. The van der Waals surface area contributed by atoms with E-state index in [-0.39, 0.29) is 9.92 Å². The highest BCUT2D eigenvalue weighted by molar-refractivity contribution is 7.91. The predicted molar refractivity (Wildman–Crippen MR) is 74.9 cm³/mol. The molecule has 1 aromatic heterocycles. The van der Waals surface area contributed by atoms with E-state index in [0.717, 1.165) is 24.0 Å². The van der Waals surface area contributed by atoms with Crippen molar-refractivity contribution in [2.75, 3.05) is 0 Å². The molecule has 0 atom stereocenters. The number of hydrogen-bond acceptors (Lipinski definition) is 3. The van der Waals surface area contributed by atoms with Gasteiger partial charge in [0.15, 0.2) is 5.03 Å². The summed E-state index contributed by atoms with van der Waals surface area (Å²) in [6.45, 7) is 4.01. The van der Waals surface area contributed by atoms with Crippen molar-refractivity contribution in [1.82, 2.24) is 4.98 Å². The molecule has 4 heteroatoms. The smallest absolute Gasteiger partial charge is 0.223 e. The van der Waals surface area contributed by atoms with Crippen LogP contribution in [0.5, 0.6) is 0 Å². The number of aryl methyl sites for hydroxylation is 2. The maximum absolute atomic E-state index is 12.4. The summed E-state index contributed by atoms with van der Waals surface area (Å²) in [7, 11) is -3.50. The molecule has 3 nitrogen and oxygen atoms in total. The van der Waals surface area contributed by atoms with Crippen molar-refractivity contribution in [1.29, 1.82) is 0 Å². The van der Waals surface area contributed by atoms with Gasteiger partial charge in [0.25, 0.3) is 0 Å². The maximum atomic E-state index is 12.4. The van der Waals surface area contributed by atoms with Crippen LogP contribution in [0.3, 0.4) is 0 Å². The molecule has 0 saturated heterocycles. The van der Waals surface area contributed by atoms with Crippen LogP contribution in [0, 0.1) is 6.92 Å². The Morgan fingerprint density at radius 3 is 2.26 bits per heavy atom. The fourth-order valence-corrected chi connectivity index (χ4v) is 3.02. The molecule has 2 rings (SSSR count). The van der Waals surface area contributed by atoms with Crippen molar-refractivity contribution in [3.05, 3.63) is 53.7 Å². The summed E-state index contributed by atoms with van der Waals surface area (Å²) in [5, 5.41) is 0.108. The van der Waals surface area contributed by atoms with E-state index in [0.29, 0.717) is 0 Å². The highest BCUT2D eigenvalue weighted by atomic mass is 32.2. The maximum Gasteiger partial charge on any atom is 0.223 e. The molecule has 0 fully saturated rings. The molecular weight excluding hydrogens is 258 g/mol. The first-order valence-corrected chi connectivity index (χ1v) is 7.79. The fourth-order valence-electron chi connectivity index (χ4n) is 1.84. The molecule has 0 aliphatic heterocycles. The summed E-state index contributed by atoms with van der Waals surface area (Å²) in [5.41, 5.74) is 2.09. The van der Waals surface area contributed by atoms with Gasteiger partial charge in [0.05, 0.1) is 4.90 Å². The van der Waals surface area contributed by atoms with Gasteiger partial charge in [0.1, 0.15) is 0 Å². The number of pyridine rings is 1. The molecule has 1 heterocycles. The molecule has 100 valence electrons. The minimum absolute atomic E-state index is 0.108. The number of benzene rings is 1. The van der Waals surface area contributed by atoms with Crippen LogP contribution in [0.15, 0.2) is 52.5 Å². The van der Waals surface area contributed by atoms with Gasteiger partial charge in [0, 0.05) is 6.20 Å². The number of aromatic nitrogens is 1. The zero-order valence-electron chi connectivity index (χ0n) is 11.1. The summed E-state index contributed by atoms with van der Waals surface area (Å²) in [6, 6.07) is 10.2. The molecule has 0 amide bonds. The second-order valence-electron chi connectivity index (χ2n) is 4.57. The molecule has 2 aromatic rings. The molecular formula is C15H17NO2S. The van der Waals surface area contributed by atoms with Crippen molar-refractivity contribution >= 4 is 9.84 Å². The third-order valence-electron chi connectivity index (χ3n) is 2.94. The van der Waals surface area contributed by atoms with E-state index >= 15 is 0 Å². The number of sulfone groups is 1. The van der Waals surface area contributed by atoms with Gasteiger partial charge in [-0.05, 0) is 37.1 Å². The van der Waals surface area contributed by atoms with Crippen LogP contribution in [0.4, 0.5) is 0 Å². The minimum Gasteiger partial charge on any atom is -0.244 e. The summed E-state index contributed by atoms with van der Waals surface area (Å²) in [5.74, 6) is 0. The lowest BCUT2D eigenvalue weighted by atomic mass is 10.2. The molecule has 0 aliphatic rings. The van der Waals surface area contributed by atoms with E-state index < -0.39 is 9.84 Å². The molecule has 0 saturated carbocycles. The Morgan fingerprint density at radius 2 is 1.74 bits per heavy atom. The Kier molecular flexibility index (Phi) is 4.00. The van der Waals surface area contributed by atoms with E-state index in [1.165, 1.54) is 0 Å². The summed E-state index contributed by atoms with van der Waals surface area (Å²) in [6.07, 6.45) is 3.58. The van der Waals surface area contributed by atoms with Crippen LogP contribution >= 0.6 is 0 Å². The fraction of sp³-hybridized carbons (Fsp3) is 0.267. The largest absolute Gasteiger partial charge is 0.244 e. The Morgan fingerprint density at radius 1 is 1.05 bits per heavy atom. The number of hydrogen-bond donors (Lipinski definition) is 0. The van der Waals surface area contributed by atoms with E-state index in [2.05, 4.69) is 11.9 Å². The monoisotopic (exact) mass is 275 g/mol. The first-order valence-electron chi connectivity index (χ1n) is 6.30. The van der Waals surface area contributed by atoms with Gasteiger partial charge in [-0.25, -0.2) is 13.4 Å². The second-order valence-corrected chi connectivity index (χ2v) is 6.47. The van der Waals surface area contributed by atoms with Crippen molar-refractivity contribution in [2.24, 2.45) is 0 Å². The summed E-state index contributed by atoms with van der Waals surface area (Å²) in [4.78, 5) is 4.37. The average Bonchev–Trinajstić information content (AvgIpc) is 2.40. The number of rotatable bonds is 4. The summed E-state index contributed by atoms with van der Waals surface area (Å²) >= 11 is 0. The van der Waals surface area contributed by atoms with Crippen molar-refractivity contribution in [3.63, 3.8) is 0 Å². The first-order chi connectivity index (χ1) is 9.04. The van der Waals surface area contributed by atoms with Crippen LogP contribution in [0.1, 0.15) is 24.5 Å². The lowest BCUT2D eigenvalue weighted by Gasteiger charge is -2.05. The van der Waals surface area contributed by atoms with Crippen LogP contribution in [0.25, 0.3) is 0 Å². The third kappa shape index (κ3) is 3.01. The molecule has 1 aromatic carbocycles. The van der Waals surface area contributed by atoms with Gasteiger partial charge in [-0.3, -0.25) is 0 Å². The molecule has 0 unspecified atom stereocenters. The molecule has 19 heavy (non-hydrogen) atoms. The van der Waals surface area contributed by atoms with Crippen LogP contribution in [-0.2, 0) is 16.3 Å². The van der Waals surface area contributed by atoms with Gasteiger partial charge < -0.3 is 0 Å². The van der Waals surface area contributed by atoms with Gasteiger partial charge in [-0.15, -0.1) is 0 Å². The van der Waals surface area contributed by atoms with Crippen LogP contribution in [0.2, 0.25) is 0 Å². The zero-order valence-corrected chi connectivity index (χ0v) is 11.9. The van der Waals surface area contributed by atoms with E-state index in [1.54, 1.807) is 36.5 Å². The predicted octanol–water partition coefficient (Wildman–Crippen LogP) is 3.18. The normalized spacial score (nSPS) is 11.5.